The van der Waals surface area contributed by atoms with E-state index in [-0.39, 0.29) is 22.8 Å². The molecule has 1 aliphatic carbocycles. The molecule has 150 valence electrons. The van der Waals surface area contributed by atoms with Gasteiger partial charge in [0, 0.05) is 22.8 Å². The first-order valence-corrected chi connectivity index (χ1v) is 8.74. The van der Waals surface area contributed by atoms with Crippen molar-refractivity contribution in [3.05, 3.63) is 48.5 Å². The second kappa shape index (κ2) is 7.82. The molecule has 4 rings (SSSR count). The fraction of sp³-hybridized carbons (Fsp3) is 0.263. The summed E-state index contributed by atoms with van der Waals surface area (Å²) in [6.45, 7) is -5.82. The van der Waals surface area contributed by atoms with E-state index in [9.17, 15) is 13.6 Å². The molecule has 8 nitrogen and oxygen atoms in total. The number of ether oxygens (including phenoxy) is 1. The molecule has 0 radical (unpaired) electrons. The first kappa shape index (κ1) is 15.4. The maximum absolute atomic E-state index is 13.1. The van der Waals surface area contributed by atoms with Gasteiger partial charge in [-0.25, -0.2) is 0 Å². The number of amides is 1. The molecule has 0 bridgehead atoms. The summed E-state index contributed by atoms with van der Waals surface area (Å²) in [6.07, 6.45) is 6.87. The summed E-state index contributed by atoms with van der Waals surface area (Å²) < 4.78 is 54.2. The largest absolute Gasteiger partial charge is 0.433 e. The number of halogens is 2. The molecular weight excluding hydrogens is 382 g/mol. The lowest BCUT2D eigenvalue weighted by atomic mass is 10.1. The van der Waals surface area contributed by atoms with Crippen molar-refractivity contribution >= 4 is 17.3 Å². The van der Waals surface area contributed by atoms with E-state index < -0.39 is 19.5 Å². The van der Waals surface area contributed by atoms with E-state index in [2.05, 4.69) is 25.3 Å². The monoisotopic (exact) mass is 403 g/mol. The van der Waals surface area contributed by atoms with E-state index >= 15 is 0 Å². The van der Waals surface area contributed by atoms with Crippen LogP contribution in [0.15, 0.2) is 42.9 Å². The highest BCUT2D eigenvalue weighted by Gasteiger charge is 2.24. The molecule has 1 amide bonds. The minimum Gasteiger partial charge on any atom is -0.433 e. The minimum atomic E-state index is -3.09. The SMILES string of the molecule is [2H]C([2H])([2H])NC(=O)c1nnccc1Nc1ccc(-c2cnn(C3CC3)c2)cc1OC(F)F. The lowest BCUT2D eigenvalue weighted by Crippen LogP contribution is -2.21. The van der Waals surface area contributed by atoms with Gasteiger partial charge in [0.2, 0.25) is 0 Å². The van der Waals surface area contributed by atoms with Crippen molar-refractivity contribution in [1.82, 2.24) is 25.3 Å². The van der Waals surface area contributed by atoms with Gasteiger partial charge in [-0.05, 0) is 36.6 Å². The molecule has 2 N–H and O–H groups in total. The molecular formula is C19H18F2N6O2. The molecule has 2 aromatic heterocycles. The first-order chi connectivity index (χ1) is 15.2. The first-order valence-electron chi connectivity index (χ1n) is 10.2. The summed E-state index contributed by atoms with van der Waals surface area (Å²) in [5, 5.41) is 16.2. The topological polar surface area (TPSA) is 94.0 Å². The molecule has 29 heavy (non-hydrogen) atoms. The van der Waals surface area contributed by atoms with Crippen molar-refractivity contribution in [2.24, 2.45) is 0 Å². The molecule has 0 spiro atoms. The van der Waals surface area contributed by atoms with E-state index in [1.54, 1.807) is 12.3 Å². The number of hydrogen-bond donors (Lipinski definition) is 2. The average Bonchev–Trinajstić information content (AvgIpc) is 3.45. The smallest absolute Gasteiger partial charge is 0.387 e. The van der Waals surface area contributed by atoms with Gasteiger partial charge in [0.15, 0.2) is 5.69 Å². The van der Waals surface area contributed by atoms with Crippen LogP contribution in [0, 0.1) is 0 Å². The Bertz CT molecular complexity index is 1130. The van der Waals surface area contributed by atoms with Crippen molar-refractivity contribution in [2.45, 2.75) is 25.5 Å². The maximum atomic E-state index is 13.1. The van der Waals surface area contributed by atoms with Crippen molar-refractivity contribution in [1.29, 1.82) is 0 Å². The van der Waals surface area contributed by atoms with Crippen LogP contribution in [0.1, 0.15) is 33.5 Å². The van der Waals surface area contributed by atoms with Crippen LogP contribution in [0.4, 0.5) is 20.2 Å². The fourth-order valence-electron chi connectivity index (χ4n) is 2.83. The molecule has 0 saturated heterocycles. The van der Waals surface area contributed by atoms with Crippen LogP contribution in [-0.4, -0.2) is 39.5 Å². The van der Waals surface area contributed by atoms with E-state index in [4.69, 9.17) is 4.11 Å². The zero-order valence-corrected chi connectivity index (χ0v) is 15.0. The number of nitrogens with zero attached hydrogens (tertiary/aromatic N) is 4. The van der Waals surface area contributed by atoms with Gasteiger partial charge < -0.3 is 15.4 Å². The van der Waals surface area contributed by atoms with Crippen LogP contribution in [0.2, 0.25) is 0 Å². The van der Waals surface area contributed by atoms with Gasteiger partial charge in [-0.1, -0.05) is 6.07 Å². The Labute approximate surface area is 169 Å². The predicted molar refractivity (Wildman–Crippen MR) is 101 cm³/mol. The summed E-state index contributed by atoms with van der Waals surface area (Å²) in [6, 6.07) is 6.36. The molecule has 1 aromatic carbocycles. The van der Waals surface area contributed by atoms with Crippen molar-refractivity contribution in [3.8, 4) is 16.9 Å². The van der Waals surface area contributed by atoms with Gasteiger partial charge in [-0.2, -0.15) is 19.0 Å². The van der Waals surface area contributed by atoms with Gasteiger partial charge in [-0.15, -0.1) is 5.10 Å². The predicted octanol–water partition coefficient (Wildman–Crippen LogP) is 3.38. The summed E-state index contributed by atoms with van der Waals surface area (Å²) in [5.41, 5.74) is 1.23. The van der Waals surface area contributed by atoms with Crippen molar-refractivity contribution in [3.63, 3.8) is 0 Å². The summed E-state index contributed by atoms with van der Waals surface area (Å²) in [5.74, 6) is -1.17. The van der Waals surface area contributed by atoms with Crippen molar-refractivity contribution in [2.75, 3.05) is 12.3 Å². The van der Waals surface area contributed by atoms with Gasteiger partial charge >= 0.3 is 6.61 Å². The van der Waals surface area contributed by atoms with Gasteiger partial charge in [0.25, 0.3) is 5.91 Å². The van der Waals surface area contributed by atoms with Gasteiger partial charge in [-0.3, -0.25) is 9.48 Å². The zero-order valence-electron chi connectivity index (χ0n) is 18.0. The van der Waals surface area contributed by atoms with Crippen LogP contribution in [0.25, 0.3) is 11.1 Å². The molecule has 0 aliphatic heterocycles. The fourth-order valence-corrected chi connectivity index (χ4v) is 2.83. The van der Waals surface area contributed by atoms with Crippen LogP contribution < -0.4 is 15.4 Å². The number of carbonyl (C=O) groups is 1. The second-order valence-corrected chi connectivity index (χ2v) is 6.40. The molecule has 3 aromatic rings. The normalized spacial score (nSPS) is 15.3. The van der Waals surface area contributed by atoms with Gasteiger partial charge in [0.05, 0.1) is 29.8 Å². The average molecular weight is 403 g/mol. The number of benzene rings is 1. The Balaban J connectivity index is 1.64. The summed E-state index contributed by atoms with van der Waals surface area (Å²) >= 11 is 0. The lowest BCUT2D eigenvalue weighted by molar-refractivity contribution is -0.0493. The number of anilines is 2. The number of rotatable bonds is 7. The third kappa shape index (κ3) is 4.15. The number of aromatic nitrogens is 4. The third-order valence-electron chi connectivity index (χ3n) is 4.37. The summed E-state index contributed by atoms with van der Waals surface area (Å²) in [4.78, 5) is 12.3. The van der Waals surface area contributed by atoms with Crippen LogP contribution in [-0.2, 0) is 0 Å². The maximum Gasteiger partial charge on any atom is 0.387 e. The van der Waals surface area contributed by atoms with Crippen LogP contribution in [0.5, 0.6) is 5.75 Å². The number of nitrogens with one attached hydrogen (secondary N) is 2. The third-order valence-corrected chi connectivity index (χ3v) is 4.37. The molecule has 0 unspecified atom stereocenters. The Morgan fingerprint density at radius 3 is 2.93 bits per heavy atom. The molecule has 0 atom stereocenters. The van der Waals surface area contributed by atoms with E-state index in [0.29, 0.717) is 11.6 Å². The highest BCUT2D eigenvalue weighted by Crippen LogP contribution is 2.37. The van der Waals surface area contributed by atoms with E-state index in [1.807, 2.05) is 16.2 Å². The van der Waals surface area contributed by atoms with E-state index in [1.165, 1.54) is 24.4 Å². The molecule has 2 heterocycles. The second-order valence-electron chi connectivity index (χ2n) is 6.40. The zero-order chi connectivity index (χ0) is 22.9. The van der Waals surface area contributed by atoms with Crippen LogP contribution >= 0.6 is 0 Å². The highest BCUT2D eigenvalue weighted by molar-refractivity contribution is 5.98. The Morgan fingerprint density at radius 2 is 2.17 bits per heavy atom. The van der Waals surface area contributed by atoms with Crippen LogP contribution in [0.3, 0.4) is 0 Å². The standard InChI is InChI=1S/C19H18F2N6O2/c1-22-18(28)17-15(6-7-23-26-17)25-14-5-2-11(8-16(14)29-19(20)21)12-9-24-27(10-12)13-3-4-13/h2,5-10,13,19H,3-4H2,1H3,(H,22,28)(H,23,25)/i1D3. The number of hydrogen-bond acceptors (Lipinski definition) is 6. The lowest BCUT2D eigenvalue weighted by Gasteiger charge is -2.15. The molecule has 10 heteroatoms. The number of alkyl halides is 2. The Kier molecular flexibility index (Phi) is 4.15. The Morgan fingerprint density at radius 1 is 1.31 bits per heavy atom. The minimum absolute atomic E-state index is 0.0650. The van der Waals surface area contributed by atoms with Crippen molar-refractivity contribution < 1.29 is 22.4 Å². The quantitative estimate of drug-likeness (QED) is 0.628. The van der Waals surface area contributed by atoms with E-state index in [0.717, 1.165) is 18.4 Å². The molecule has 1 fully saturated rings. The van der Waals surface area contributed by atoms with Gasteiger partial charge in [0.1, 0.15) is 5.75 Å². The molecule has 1 saturated carbocycles. The highest BCUT2D eigenvalue weighted by atomic mass is 19.3. The molecule has 1 aliphatic rings. The number of carbonyl (C=O) groups excluding carboxylic acids is 1. The summed E-state index contributed by atoms with van der Waals surface area (Å²) in [7, 11) is 0. The Hall–Kier alpha value is -3.56.